The van der Waals surface area contributed by atoms with Crippen molar-refractivity contribution in [3.05, 3.63) is 135 Å². The number of nitrogens with zero attached hydrogens (tertiary/aromatic N) is 5. The average molecular weight is 811 g/mol. The highest BCUT2D eigenvalue weighted by Crippen LogP contribution is 2.35. The van der Waals surface area contributed by atoms with Crippen molar-refractivity contribution in [3.8, 4) is 11.8 Å². The van der Waals surface area contributed by atoms with E-state index in [1.165, 1.54) is 42.5 Å². The molecule has 6 rings (SSSR count). The molecule has 2 heterocycles. The van der Waals surface area contributed by atoms with Gasteiger partial charge in [-0.15, -0.1) is 0 Å². The number of benzene rings is 4. The molecule has 58 heavy (non-hydrogen) atoms. The van der Waals surface area contributed by atoms with Crippen LogP contribution in [0.1, 0.15) is 38.3 Å². The zero-order valence-electron chi connectivity index (χ0n) is 30.9. The zero-order valence-corrected chi connectivity index (χ0v) is 30.9. The van der Waals surface area contributed by atoms with E-state index in [2.05, 4.69) is 15.1 Å². The lowest BCUT2D eigenvalue weighted by molar-refractivity contribution is -0.137. The Bertz CT molecular complexity index is 2320. The number of amides is 1. The van der Waals surface area contributed by atoms with Gasteiger partial charge in [0.25, 0.3) is 11.5 Å². The summed E-state index contributed by atoms with van der Waals surface area (Å²) in [7, 11) is 0. The fourth-order valence-corrected chi connectivity index (χ4v) is 6.63. The molecule has 0 bridgehead atoms. The highest BCUT2D eigenvalue weighted by molar-refractivity contribution is 5.95. The maximum absolute atomic E-state index is 14.9. The number of nitriles is 1. The van der Waals surface area contributed by atoms with Gasteiger partial charge in [0, 0.05) is 56.8 Å². The molecule has 1 aliphatic heterocycles. The van der Waals surface area contributed by atoms with Crippen LogP contribution in [0.3, 0.4) is 0 Å². The summed E-state index contributed by atoms with van der Waals surface area (Å²) in [5, 5.41) is 16.9. The second-order valence-corrected chi connectivity index (χ2v) is 13.6. The van der Waals surface area contributed by atoms with E-state index in [1.807, 2.05) is 0 Å². The van der Waals surface area contributed by atoms with Crippen molar-refractivity contribution in [2.45, 2.75) is 25.3 Å². The van der Waals surface area contributed by atoms with E-state index in [-0.39, 0.29) is 43.0 Å². The Morgan fingerprint density at radius 1 is 0.862 bits per heavy atom. The second-order valence-electron chi connectivity index (χ2n) is 13.6. The summed E-state index contributed by atoms with van der Waals surface area (Å²) >= 11 is 0. The van der Waals surface area contributed by atoms with Crippen LogP contribution in [0.25, 0.3) is 10.8 Å². The normalized spacial score (nSPS) is 13.7. The molecular formula is C41H37F7N6O4. The number of hydrogen-bond acceptors (Lipinski definition) is 8. The van der Waals surface area contributed by atoms with Crippen LogP contribution in [0.15, 0.2) is 89.7 Å². The number of nitrogens with one attached hydrogen (secondary N) is 1. The van der Waals surface area contributed by atoms with Crippen LogP contribution < -0.4 is 15.2 Å². The predicted octanol–water partition coefficient (Wildman–Crippen LogP) is 6.97. The van der Waals surface area contributed by atoms with Crippen molar-refractivity contribution in [1.29, 1.82) is 5.26 Å². The topological polar surface area (TPSA) is 115 Å². The number of carbonyl (C=O) groups is 1. The van der Waals surface area contributed by atoms with Gasteiger partial charge >= 0.3 is 12.4 Å². The highest BCUT2D eigenvalue weighted by atomic mass is 19.4. The third-order valence-corrected chi connectivity index (χ3v) is 9.58. The van der Waals surface area contributed by atoms with Crippen LogP contribution in [0.4, 0.5) is 36.4 Å². The first-order valence-corrected chi connectivity index (χ1v) is 18.2. The van der Waals surface area contributed by atoms with Crippen molar-refractivity contribution < 1.29 is 45.0 Å². The minimum atomic E-state index is -4.92. The molecule has 0 atom stereocenters. The first-order chi connectivity index (χ1) is 27.7. The van der Waals surface area contributed by atoms with E-state index in [0.29, 0.717) is 78.7 Å². The Hall–Kier alpha value is -5.99. The van der Waals surface area contributed by atoms with Gasteiger partial charge in [0.2, 0.25) is 0 Å². The molecule has 0 spiro atoms. The number of carbonyl (C=O) groups excluding carboxylic acids is 1. The van der Waals surface area contributed by atoms with Gasteiger partial charge in [0.1, 0.15) is 24.7 Å². The standard InChI is InChI=1S/C41H37F7N6O4/c42-36-12-7-28(22-37-32-3-1-2-4-33(32)38(55)51-50-37)21-34(36)39(56)53-15-13-52(14-16-53)17-18-57-19-20-58-31-10-5-27(6-11-31)25-54(26-40(43,44)45)30-9-8-29(24-49)35(23-30)41(46,47)48/h1-12,21,23H,13-20,22,25-26H2,(H,51,55). The summed E-state index contributed by atoms with van der Waals surface area (Å²) in [5.74, 6) is -0.624. The number of hydrogen-bond donors (Lipinski definition) is 1. The number of anilines is 1. The number of aromatic amines is 1. The van der Waals surface area contributed by atoms with Gasteiger partial charge in [-0.25, -0.2) is 9.49 Å². The van der Waals surface area contributed by atoms with E-state index in [1.54, 1.807) is 35.2 Å². The van der Waals surface area contributed by atoms with Gasteiger partial charge in [-0.2, -0.15) is 36.7 Å². The Kier molecular flexibility index (Phi) is 13.0. The summed E-state index contributed by atoms with van der Waals surface area (Å²) in [6.07, 6.45) is -9.34. The van der Waals surface area contributed by atoms with Gasteiger partial charge in [-0.1, -0.05) is 36.4 Å². The Labute approximate surface area is 328 Å². The third-order valence-electron chi connectivity index (χ3n) is 9.58. The lowest BCUT2D eigenvalue weighted by atomic mass is 10.0. The predicted molar refractivity (Wildman–Crippen MR) is 200 cm³/mol. The highest BCUT2D eigenvalue weighted by Gasteiger charge is 2.36. The quantitative estimate of drug-likeness (QED) is 0.0946. The molecule has 1 aliphatic rings. The van der Waals surface area contributed by atoms with Crippen molar-refractivity contribution >= 4 is 22.4 Å². The van der Waals surface area contributed by atoms with Crippen molar-refractivity contribution in [2.75, 3.05) is 64.0 Å². The van der Waals surface area contributed by atoms with E-state index < -0.39 is 41.7 Å². The van der Waals surface area contributed by atoms with Crippen LogP contribution in [-0.4, -0.2) is 91.2 Å². The number of ether oxygens (including phenoxy) is 2. The van der Waals surface area contributed by atoms with Crippen molar-refractivity contribution in [1.82, 2.24) is 20.0 Å². The fourth-order valence-electron chi connectivity index (χ4n) is 6.63. The Morgan fingerprint density at radius 3 is 2.26 bits per heavy atom. The number of H-pyrrole nitrogens is 1. The molecule has 1 saturated heterocycles. The molecule has 0 saturated carbocycles. The van der Waals surface area contributed by atoms with Gasteiger partial charge < -0.3 is 19.3 Å². The first-order valence-electron chi connectivity index (χ1n) is 18.2. The van der Waals surface area contributed by atoms with E-state index in [9.17, 15) is 40.3 Å². The Balaban J connectivity index is 0.928. The summed E-state index contributed by atoms with van der Waals surface area (Å²) in [6, 6.07) is 21.4. The van der Waals surface area contributed by atoms with Gasteiger partial charge in [-0.3, -0.25) is 14.5 Å². The van der Waals surface area contributed by atoms with E-state index >= 15 is 0 Å². The molecule has 1 N–H and O–H groups in total. The molecule has 17 heteroatoms. The summed E-state index contributed by atoms with van der Waals surface area (Å²) in [5.41, 5.74) is -1.01. The molecule has 0 unspecified atom stereocenters. The number of aromatic nitrogens is 2. The van der Waals surface area contributed by atoms with E-state index in [4.69, 9.17) is 14.7 Å². The molecule has 4 aromatic carbocycles. The van der Waals surface area contributed by atoms with Crippen molar-refractivity contribution in [3.63, 3.8) is 0 Å². The average Bonchev–Trinajstić information content (AvgIpc) is 3.20. The molecule has 1 aromatic heterocycles. The molecule has 0 aliphatic carbocycles. The lowest BCUT2D eigenvalue weighted by Crippen LogP contribution is -2.49. The smallest absolute Gasteiger partial charge is 0.417 e. The Morgan fingerprint density at radius 2 is 1.57 bits per heavy atom. The third kappa shape index (κ3) is 10.7. The minimum absolute atomic E-state index is 0.0351. The second kappa shape index (κ2) is 18.1. The number of piperazine rings is 1. The summed E-state index contributed by atoms with van der Waals surface area (Å²) in [4.78, 5) is 30.0. The van der Waals surface area contributed by atoms with Crippen LogP contribution in [0.5, 0.6) is 5.75 Å². The maximum atomic E-state index is 14.9. The lowest BCUT2D eigenvalue weighted by Gasteiger charge is -2.34. The molecule has 10 nitrogen and oxygen atoms in total. The number of fused-ring (bicyclic) bond motifs is 1. The van der Waals surface area contributed by atoms with Crippen LogP contribution >= 0.6 is 0 Å². The van der Waals surface area contributed by atoms with Crippen LogP contribution in [-0.2, 0) is 23.9 Å². The number of rotatable bonds is 14. The molecular weight excluding hydrogens is 773 g/mol. The van der Waals surface area contributed by atoms with Crippen molar-refractivity contribution in [2.24, 2.45) is 0 Å². The number of halogens is 7. The van der Waals surface area contributed by atoms with E-state index in [0.717, 1.165) is 17.0 Å². The first kappa shape index (κ1) is 41.6. The SMILES string of the molecule is N#Cc1ccc(N(Cc2ccc(OCCOCCN3CCN(C(=O)c4cc(Cc5n[nH]c(=O)c6ccccc56)ccc4F)CC3)cc2)CC(F)(F)F)cc1C(F)(F)F. The fraction of sp³-hybridized carbons (Fsp3) is 0.317. The molecule has 0 radical (unpaired) electrons. The summed E-state index contributed by atoms with van der Waals surface area (Å²) in [6.45, 7) is 1.41. The van der Waals surface area contributed by atoms with Gasteiger partial charge in [0.05, 0.1) is 47.1 Å². The monoisotopic (exact) mass is 810 g/mol. The van der Waals surface area contributed by atoms with Gasteiger partial charge in [-0.05, 0) is 59.7 Å². The molecule has 304 valence electrons. The largest absolute Gasteiger partial charge is 0.491 e. The van der Waals surface area contributed by atoms with Crippen LogP contribution in [0.2, 0.25) is 0 Å². The minimum Gasteiger partial charge on any atom is -0.491 e. The molecule has 1 fully saturated rings. The van der Waals surface area contributed by atoms with Gasteiger partial charge in [0.15, 0.2) is 0 Å². The van der Waals surface area contributed by atoms with Crippen LogP contribution in [0, 0.1) is 17.1 Å². The number of alkyl halides is 6. The molecule has 5 aromatic rings. The molecule has 1 amide bonds. The summed E-state index contributed by atoms with van der Waals surface area (Å²) < 4.78 is 107. The zero-order chi connectivity index (χ0) is 41.5. The maximum Gasteiger partial charge on any atom is 0.417 e.